The van der Waals surface area contributed by atoms with Crippen molar-refractivity contribution in [3.05, 3.63) is 58.0 Å². The topological polar surface area (TPSA) is 62.1 Å². The Labute approximate surface area is 163 Å². The molecule has 0 bridgehead atoms. The molecule has 6 heteroatoms. The highest BCUT2D eigenvalue weighted by Crippen LogP contribution is 2.35. The number of hydrogen-bond donors (Lipinski definition) is 1. The second kappa shape index (κ2) is 7.88. The van der Waals surface area contributed by atoms with Crippen molar-refractivity contribution in [3.8, 4) is 11.5 Å². The van der Waals surface area contributed by atoms with Crippen LogP contribution in [-0.4, -0.2) is 34.7 Å². The maximum absolute atomic E-state index is 12.6. The Balaban J connectivity index is 1.89. The standard InChI is InChI=1S/C21H22N2O3S/c1-5-26-18-11-15(7-9-17(18)24)12-19-20(25)23(4)21(27-19)22-16-8-6-13(2)14(3)10-16/h6-12,24H,5H2,1-4H3/b19-12-,22-21?. The van der Waals surface area contributed by atoms with Gasteiger partial charge in [0.1, 0.15) is 0 Å². The van der Waals surface area contributed by atoms with E-state index in [0.717, 1.165) is 16.8 Å². The molecule has 0 atom stereocenters. The van der Waals surface area contributed by atoms with Crippen molar-refractivity contribution < 1.29 is 14.6 Å². The Hall–Kier alpha value is -2.73. The lowest BCUT2D eigenvalue weighted by Gasteiger charge is -2.08. The highest BCUT2D eigenvalue weighted by molar-refractivity contribution is 8.18. The van der Waals surface area contributed by atoms with Crippen LogP contribution in [0, 0.1) is 13.8 Å². The van der Waals surface area contributed by atoms with Gasteiger partial charge in [-0.3, -0.25) is 9.69 Å². The normalized spacial score (nSPS) is 17.2. The zero-order valence-electron chi connectivity index (χ0n) is 15.8. The summed E-state index contributed by atoms with van der Waals surface area (Å²) >= 11 is 1.33. The van der Waals surface area contributed by atoms with Crippen LogP contribution in [0.3, 0.4) is 0 Å². The summed E-state index contributed by atoms with van der Waals surface area (Å²) in [5.74, 6) is 0.381. The van der Waals surface area contributed by atoms with E-state index in [4.69, 9.17) is 4.74 Å². The minimum atomic E-state index is -0.103. The van der Waals surface area contributed by atoms with Crippen molar-refractivity contribution in [2.75, 3.05) is 13.7 Å². The van der Waals surface area contributed by atoms with Gasteiger partial charge in [0.05, 0.1) is 17.2 Å². The SMILES string of the molecule is CCOc1cc(/C=C2\SC(=Nc3ccc(C)c(C)c3)N(C)C2=O)ccc1O. The number of aromatic hydroxyl groups is 1. The summed E-state index contributed by atoms with van der Waals surface area (Å²) in [6.07, 6.45) is 1.79. The van der Waals surface area contributed by atoms with E-state index in [2.05, 4.69) is 11.9 Å². The Morgan fingerprint density at radius 3 is 2.67 bits per heavy atom. The predicted octanol–water partition coefficient (Wildman–Crippen LogP) is 4.64. The van der Waals surface area contributed by atoms with Crippen LogP contribution in [0.15, 0.2) is 46.3 Å². The third kappa shape index (κ3) is 4.17. The molecule has 140 valence electrons. The molecule has 1 aliphatic rings. The summed E-state index contributed by atoms with van der Waals surface area (Å²) in [6.45, 7) is 6.41. The number of aryl methyl sites for hydroxylation is 2. The molecule has 1 fully saturated rings. The van der Waals surface area contributed by atoms with Gasteiger partial charge >= 0.3 is 0 Å². The first-order valence-corrected chi connectivity index (χ1v) is 9.50. The molecule has 27 heavy (non-hydrogen) atoms. The van der Waals surface area contributed by atoms with Crippen LogP contribution in [0.25, 0.3) is 6.08 Å². The number of amides is 1. The number of likely N-dealkylation sites (N-methyl/N-ethyl adjacent to an activating group) is 1. The number of phenols is 1. The largest absolute Gasteiger partial charge is 0.504 e. The Morgan fingerprint density at radius 1 is 1.19 bits per heavy atom. The van der Waals surface area contributed by atoms with Gasteiger partial charge in [0.15, 0.2) is 16.7 Å². The first-order valence-electron chi connectivity index (χ1n) is 8.68. The average molecular weight is 382 g/mol. The van der Waals surface area contributed by atoms with Crippen molar-refractivity contribution in [2.24, 2.45) is 4.99 Å². The quantitative estimate of drug-likeness (QED) is 0.783. The zero-order valence-corrected chi connectivity index (χ0v) is 16.6. The van der Waals surface area contributed by atoms with Gasteiger partial charge in [0, 0.05) is 7.05 Å². The molecule has 1 aliphatic heterocycles. The van der Waals surface area contributed by atoms with E-state index in [0.29, 0.717) is 22.4 Å². The molecule has 5 nitrogen and oxygen atoms in total. The summed E-state index contributed by atoms with van der Waals surface area (Å²) in [4.78, 5) is 19.3. The first-order chi connectivity index (χ1) is 12.9. The molecule has 1 amide bonds. The van der Waals surface area contributed by atoms with E-state index in [-0.39, 0.29) is 11.7 Å². The molecule has 0 aromatic heterocycles. The summed E-state index contributed by atoms with van der Waals surface area (Å²) in [7, 11) is 1.72. The van der Waals surface area contributed by atoms with Gasteiger partial charge in [-0.15, -0.1) is 0 Å². The molecule has 3 rings (SSSR count). The van der Waals surface area contributed by atoms with E-state index >= 15 is 0 Å². The van der Waals surface area contributed by atoms with E-state index < -0.39 is 0 Å². The van der Waals surface area contributed by atoms with Crippen molar-refractivity contribution >= 4 is 34.6 Å². The molecular formula is C21H22N2O3S. The second-order valence-electron chi connectivity index (χ2n) is 6.30. The number of nitrogens with zero attached hydrogens (tertiary/aromatic N) is 2. The maximum Gasteiger partial charge on any atom is 0.266 e. The number of amidine groups is 1. The first kappa shape index (κ1) is 19.0. The summed E-state index contributed by atoms with van der Waals surface area (Å²) in [5, 5.41) is 10.5. The maximum atomic E-state index is 12.6. The third-order valence-electron chi connectivity index (χ3n) is 4.30. The fourth-order valence-corrected chi connectivity index (χ4v) is 3.59. The number of phenolic OH excluding ortho intramolecular Hbond substituents is 1. The number of thioether (sulfide) groups is 1. The highest BCUT2D eigenvalue weighted by atomic mass is 32.2. The molecule has 1 saturated heterocycles. The lowest BCUT2D eigenvalue weighted by Crippen LogP contribution is -2.23. The smallest absolute Gasteiger partial charge is 0.266 e. The number of carbonyl (C=O) groups excluding carboxylic acids is 1. The van der Waals surface area contributed by atoms with Gasteiger partial charge in [-0.25, -0.2) is 4.99 Å². The number of aliphatic imine (C=N–C) groups is 1. The van der Waals surface area contributed by atoms with Gasteiger partial charge in [0.2, 0.25) is 0 Å². The van der Waals surface area contributed by atoms with Crippen molar-refractivity contribution in [1.82, 2.24) is 4.90 Å². The number of hydrogen-bond acceptors (Lipinski definition) is 5. The zero-order chi connectivity index (χ0) is 19.6. The molecular weight excluding hydrogens is 360 g/mol. The highest BCUT2D eigenvalue weighted by Gasteiger charge is 2.30. The molecule has 1 N–H and O–H groups in total. The number of carbonyl (C=O) groups is 1. The Morgan fingerprint density at radius 2 is 1.96 bits per heavy atom. The molecule has 0 radical (unpaired) electrons. The predicted molar refractivity (Wildman–Crippen MR) is 111 cm³/mol. The van der Waals surface area contributed by atoms with Crippen molar-refractivity contribution in [3.63, 3.8) is 0 Å². The Bertz CT molecular complexity index is 950. The van der Waals surface area contributed by atoms with Crippen LogP contribution in [-0.2, 0) is 4.79 Å². The van der Waals surface area contributed by atoms with Crippen molar-refractivity contribution in [1.29, 1.82) is 0 Å². The monoisotopic (exact) mass is 382 g/mol. The molecule has 2 aromatic rings. The van der Waals surface area contributed by atoms with Crippen LogP contribution in [0.4, 0.5) is 5.69 Å². The van der Waals surface area contributed by atoms with Crippen LogP contribution < -0.4 is 4.74 Å². The van der Waals surface area contributed by atoms with Gasteiger partial charge in [0.25, 0.3) is 5.91 Å². The summed E-state index contributed by atoms with van der Waals surface area (Å²) in [6, 6.07) is 11.0. The van der Waals surface area contributed by atoms with Crippen LogP contribution in [0.1, 0.15) is 23.6 Å². The van der Waals surface area contributed by atoms with Crippen molar-refractivity contribution in [2.45, 2.75) is 20.8 Å². The molecule has 0 saturated carbocycles. The van der Waals surface area contributed by atoms with Crippen LogP contribution in [0.2, 0.25) is 0 Å². The molecule has 0 unspecified atom stereocenters. The molecule has 0 spiro atoms. The average Bonchev–Trinajstić information content (AvgIpc) is 2.89. The molecule has 0 aliphatic carbocycles. The van der Waals surface area contributed by atoms with Crippen LogP contribution in [0.5, 0.6) is 11.5 Å². The minimum absolute atomic E-state index is 0.0820. The molecule has 1 heterocycles. The van der Waals surface area contributed by atoms with E-state index in [9.17, 15) is 9.90 Å². The van der Waals surface area contributed by atoms with Gasteiger partial charge in [-0.2, -0.15) is 0 Å². The lowest BCUT2D eigenvalue weighted by atomic mass is 10.1. The van der Waals surface area contributed by atoms with E-state index in [1.54, 1.807) is 36.2 Å². The van der Waals surface area contributed by atoms with Gasteiger partial charge < -0.3 is 9.84 Å². The third-order valence-corrected chi connectivity index (χ3v) is 5.36. The molecule has 2 aromatic carbocycles. The Kier molecular flexibility index (Phi) is 5.56. The fraction of sp³-hybridized carbons (Fsp3) is 0.238. The second-order valence-corrected chi connectivity index (χ2v) is 7.31. The van der Waals surface area contributed by atoms with Crippen LogP contribution >= 0.6 is 11.8 Å². The fourth-order valence-electron chi connectivity index (χ4n) is 2.60. The summed E-state index contributed by atoms with van der Waals surface area (Å²) < 4.78 is 5.41. The van der Waals surface area contributed by atoms with Gasteiger partial charge in [-0.1, -0.05) is 12.1 Å². The van der Waals surface area contributed by atoms with Gasteiger partial charge in [-0.05, 0) is 79.6 Å². The van der Waals surface area contributed by atoms with E-state index in [1.165, 1.54) is 17.3 Å². The number of rotatable bonds is 4. The minimum Gasteiger partial charge on any atom is -0.504 e. The summed E-state index contributed by atoms with van der Waals surface area (Å²) in [5.41, 5.74) is 3.98. The lowest BCUT2D eigenvalue weighted by molar-refractivity contribution is -0.121. The van der Waals surface area contributed by atoms with E-state index in [1.807, 2.05) is 32.0 Å². The number of benzene rings is 2. The number of ether oxygens (including phenoxy) is 1.